The number of ether oxygens (including phenoxy) is 4. The van der Waals surface area contributed by atoms with Crippen LogP contribution in [0.5, 0.6) is 23.3 Å². The summed E-state index contributed by atoms with van der Waals surface area (Å²) < 4.78 is 24.5. The highest BCUT2D eigenvalue weighted by Crippen LogP contribution is 2.27. The van der Waals surface area contributed by atoms with Crippen LogP contribution in [0.15, 0.2) is 85.7 Å². The first-order valence-corrected chi connectivity index (χ1v) is 16.1. The van der Waals surface area contributed by atoms with E-state index in [1.54, 1.807) is 53.6 Å². The van der Waals surface area contributed by atoms with Gasteiger partial charge in [0.25, 0.3) is 0 Å². The first-order valence-electron chi connectivity index (χ1n) is 16.1. The van der Waals surface area contributed by atoms with Gasteiger partial charge < -0.3 is 24.1 Å². The Morgan fingerprint density at radius 1 is 0.685 bits per heavy atom. The van der Waals surface area contributed by atoms with Crippen LogP contribution in [0, 0.1) is 0 Å². The molecule has 6 aromatic rings. The molecule has 0 atom stereocenters. The normalized spacial score (nSPS) is 10.4. The molecule has 276 valence electrons. The third-order valence-electron chi connectivity index (χ3n) is 7.54. The van der Waals surface area contributed by atoms with Gasteiger partial charge in [0.2, 0.25) is 11.8 Å². The van der Waals surface area contributed by atoms with E-state index in [1.165, 1.54) is 56.5 Å². The number of rotatable bonds is 16. The molecule has 0 amide bonds. The van der Waals surface area contributed by atoms with Crippen LogP contribution in [0.1, 0.15) is 38.8 Å². The minimum atomic E-state index is -1.01. The topological polar surface area (TPSA) is 213 Å². The third-order valence-corrected chi connectivity index (χ3v) is 7.54. The van der Waals surface area contributed by atoms with E-state index in [0.717, 1.165) is 5.56 Å². The second kappa shape index (κ2) is 18.3. The molecule has 0 spiro atoms. The molecule has 17 nitrogen and oxygen atoms in total. The van der Waals surface area contributed by atoms with Crippen molar-refractivity contribution < 1.29 is 43.2 Å². The number of Topliss-reactive ketones (excluding diaryl/α,β-unsaturated/α-hetero) is 1. The van der Waals surface area contributed by atoms with Crippen molar-refractivity contribution in [3.05, 3.63) is 108 Å². The van der Waals surface area contributed by atoms with Gasteiger partial charge in [-0.2, -0.15) is 10.2 Å². The number of carbonyl (C=O) groups excluding carboxylic acids is 3. The number of aldehydes is 2. The summed E-state index contributed by atoms with van der Waals surface area (Å²) >= 11 is 0. The number of nitrogens with zero attached hydrogens (tertiary/aromatic N) is 8. The maximum Gasteiger partial charge on any atom is 0.325 e. The van der Waals surface area contributed by atoms with Gasteiger partial charge in [-0.15, -0.1) is 0 Å². The lowest BCUT2D eigenvalue weighted by Gasteiger charge is -2.12. The van der Waals surface area contributed by atoms with Crippen molar-refractivity contribution in [2.24, 2.45) is 0 Å². The lowest BCUT2D eigenvalue weighted by Crippen LogP contribution is -2.12. The van der Waals surface area contributed by atoms with Crippen molar-refractivity contribution in [3.63, 3.8) is 0 Å². The molecule has 0 saturated heterocycles. The van der Waals surface area contributed by atoms with E-state index >= 15 is 0 Å². The SMILES string of the molecule is COc1cc(C=O)c(OCc2cccnc2-c2ccnn2CC(=O)O)cn1.COc1cc(C=O)c(OCc2cccnc2-c2ccnn2CC(C)=O)cn1. The van der Waals surface area contributed by atoms with Crippen LogP contribution < -0.4 is 18.9 Å². The molecule has 0 radical (unpaired) electrons. The van der Waals surface area contributed by atoms with Gasteiger partial charge in [-0.3, -0.25) is 38.5 Å². The molecule has 0 aliphatic rings. The van der Waals surface area contributed by atoms with Gasteiger partial charge in [-0.1, -0.05) is 12.1 Å². The van der Waals surface area contributed by atoms with Crippen LogP contribution in [0.4, 0.5) is 0 Å². The Bertz CT molecular complexity index is 2100. The second-order valence-electron chi connectivity index (χ2n) is 11.2. The first-order chi connectivity index (χ1) is 26.2. The van der Waals surface area contributed by atoms with Gasteiger partial charge in [0.05, 0.1) is 67.1 Å². The summed E-state index contributed by atoms with van der Waals surface area (Å²) in [5, 5.41) is 17.2. The van der Waals surface area contributed by atoms with Crippen LogP contribution in [-0.4, -0.2) is 83.1 Å². The molecular weight excluding hydrogens is 700 g/mol. The van der Waals surface area contributed by atoms with Crippen molar-refractivity contribution >= 4 is 24.3 Å². The maximum atomic E-state index is 11.5. The number of aliphatic carboxylic acids is 1. The Labute approximate surface area is 308 Å². The van der Waals surface area contributed by atoms with Crippen molar-refractivity contribution in [2.75, 3.05) is 14.2 Å². The molecule has 0 aliphatic carbocycles. The number of hydrogen-bond donors (Lipinski definition) is 1. The number of aromatic nitrogens is 8. The summed E-state index contributed by atoms with van der Waals surface area (Å²) in [6.45, 7) is 1.67. The van der Waals surface area contributed by atoms with Gasteiger partial charge in [0.15, 0.2) is 18.4 Å². The molecule has 0 fully saturated rings. The van der Waals surface area contributed by atoms with Gasteiger partial charge in [-0.05, 0) is 31.2 Å². The monoisotopic (exact) mass is 734 g/mol. The van der Waals surface area contributed by atoms with E-state index in [1.807, 2.05) is 6.07 Å². The van der Waals surface area contributed by atoms with Crippen molar-refractivity contribution in [1.82, 2.24) is 39.5 Å². The average molecular weight is 735 g/mol. The number of pyridine rings is 4. The minimum Gasteiger partial charge on any atom is -0.486 e. The standard InChI is InChI=1S/C19H18N4O4.C18H16N4O5/c1-13(25)10-23-16(5-7-22-23)19-14(4-3-6-20-19)12-27-17-9-21-18(26-2)8-15(17)11-24;1-26-16-7-13(10-23)15(8-20-16)27-11-12-3-2-5-19-18(12)14-4-6-21-22(14)9-17(24)25/h3-9,11H,10,12H2,1-2H3;2-8,10H,9,11H2,1H3,(H,24,25). The predicted molar refractivity (Wildman–Crippen MR) is 190 cm³/mol. The van der Waals surface area contributed by atoms with Crippen molar-refractivity contribution in [3.8, 4) is 46.0 Å². The van der Waals surface area contributed by atoms with E-state index in [2.05, 4.69) is 30.1 Å². The number of ketones is 1. The molecule has 0 unspecified atom stereocenters. The summed E-state index contributed by atoms with van der Waals surface area (Å²) in [5.41, 5.74) is 4.62. The zero-order chi connectivity index (χ0) is 38.5. The predicted octanol–water partition coefficient (Wildman–Crippen LogP) is 4.15. The van der Waals surface area contributed by atoms with Crippen LogP contribution in [0.2, 0.25) is 0 Å². The van der Waals surface area contributed by atoms with Crippen LogP contribution in [0.25, 0.3) is 22.8 Å². The Hall–Kier alpha value is -7.30. The Kier molecular flexibility index (Phi) is 12.8. The molecule has 0 bridgehead atoms. The fraction of sp³-hybridized carbons (Fsp3) is 0.189. The third kappa shape index (κ3) is 9.52. The maximum absolute atomic E-state index is 11.5. The van der Waals surface area contributed by atoms with E-state index in [-0.39, 0.29) is 32.1 Å². The second-order valence-corrected chi connectivity index (χ2v) is 11.2. The molecule has 17 heteroatoms. The quantitative estimate of drug-likeness (QED) is 0.138. The molecule has 0 aliphatic heterocycles. The van der Waals surface area contributed by atoms with Crippen LogP contribution in [-0.2, 0) is 35.9 Å². The summed E-state index contributed by atoms with van der Waals surface area (Å²) in [6.07, 6.45) is 10.6. The van der Waals surface area contributed by atoms with Crippen LogP contribution in [0.3, 0.4) is 0 Å². The average Bonchev–Trinajstić information content (AvgIpc) is 3.85. The molecule has 1 N–H and O–H groups in total. The smallest absolute Gasteiger partial charge is 0.325 e. The van der Waals surface area contributed by atoms with E-state index in [0.29, 0.717) is 75.3 Å². The molecular formula is C37H34N8O9. The summed E-state index contributed by atoms with van der Waals surface area (Å²) in [5.74, 6) is 0.281. The van der Waals surface area contributed by atoms with E-state index < -0.39 is 5.97 Å². The van der Waals surface area contributed by atoms with Gasteiger partial charge in [0, 0.05) is 48.0 Å². The molecule has 0 saturated carbocycles. The Balaban J connectivity index is 0.000000208. The number of carboxylic acid groups (broad SMARTS) is 1. The number of carbonyl (C=O) groups is 4. The fourth-order valence-corrected chi connectivity index (χ4v) is 5.07. The highest BCUT2D eigenvalue weighted by Gasteiger charge is 2.16. The molecule has 6 aromatic heterocycles. The summed E-state index contributed by atoms with van der Waals surface area (Å²) in [7, 11) is 2.93. The van der Waals surface area contributed by atoms with Crippen molar-refractivity contribution in [1.29, 1.82) is 0 Å². The minimum absolute atomic E-state index is 0.00591. The van der Waals surface area contributed by atoms with Gasteiger partial charge in [0.1, 0.15) is 31.3 Å². The highest BCUT2D eigenvalue weighted by atomic mass is 16.5. The Morgan fingerprint density at radius 3 is 1.56 bits per heavy atom. The first kappa shape index (κ1) is 37.9. The van der Waals surface area contributed by atoms with Gasteiger partial charge >= 0.3 is 5.97 Å². The molecule has 54 heavy (non-hydrogen) atoms. The lowest BCUT2D eigenvalue weighted by molar-refractivity contribution is -0.137. The summed E-state index contributed by atoms with van der Waals surface area (Å²) in [6, 6.07) is 13.7. The van der Waals surface area contributed by atoms with Crippen LogP contribution >= 0.6 is 0 Å². The molecule has 6 rings (SSSR count). The highest BCUT2D eigenvalue weighted by molar-refractivity contribution is 5.80. The Morgan fingerprint density at radius 2 is 1.15 bits per heavy atom. The zero-order valence-corrected chi connectivity index (χ0v) is 29.4. The zero-order valence-electron chi connectivity index (χ0n) is 29.4. The van der Waals surface area contributed by atoms with E-state index in [9.17, 15) is 19.2 Å². The molecule has 0 aromatic carbocycles. The number of carboxylic acids is 1. The van der Waals surface area contributed by atoms with E-state index in [4.69, 9.17) is 24.1 Å². The van der Waals surface area contributed by atoms with Gasteiger partial charge in [-0.25, -0.2) is 9.97 Å². The number of hydrogen-bond acceptors (Lipinski definition) is 14. The largest absolute Gasteiger partial charge is 0.486 e. The molecule has 6 heterocycles. The summed E-state index contributed by atoms with van der Waals surface area (Å²) in [4.78, 5) is 61.9. The number of methoxy groups -OCH3 is 2. The van der Waals surface area contributed by atoms with Crippen molar-refractivity contribution in [2.45, 2.75) is 33.2 Å². The fourth-order valence-electron chi connectivity index (χ4n) is 5.07. The lowest BCUT2D eigenvalue weighted by atomic mass is 10.1.